The van der Waals surface area contributed by atoms with Crippen molar-refractivity contribution in [2.75, 3.05) is 5.43 Å². The number of allylic oxidation sites excluding steroid dienone is 7. The Kier molecular flexibility index (Phi) is 7.70. The van der Waals surface area contributed by atoms with E-state index in [-0.39, 0.29) is 6.04 Å². The van der Waals surface area contributed by atoms with Gasteiger partial charge >= 0.3 is 0 Å². The minimum atomic E-state index is -0.432. The largest absolute Gasteiger partial charge is 0.318 e. The smallest absolute Gasteiger partial charge is 0.156 e. The second-order valence-corrected chi connectivity index (χ2v) is 5.84. The van der Waals surface area contributed by atoms with Gasteiger partial charge in [0.2, 0.25) is 0 Å². The molecule has 0 bridgehead atoms. The number of rotatable bonds is 7. The highest BCUT2D eigenvalue weighted by Gasteiger charge is 2.14. The quantitative estimate of drug-likeness (QED) is 0.435. The van der Waals surface area contributed by atoms with Crippen LogP contribution < -0.4 is 10.9 Å². The fraction of sp³-hybridized carbons (Fsp3) is 0.316. The summed E-state index contributed by atoms with van der Waals surface area (Å²) in [7, 11) is 0. The Labute approximate surface area is 148 Å². The van der Waals surface area contributed by atoms with E-state index in [1.165, 1.54) is 12.2 Å². The molecule has 0 aliphatic carbocycles. The number of hydrogen-bond acceptors (Lipinski definition) is 5. The van der Waals surface area contributed by atoms with E-state index in [0.717, 1.165) is 0 Å². The Morgan fingerprint density at radius 3 is 2.36 bits per heavy atom. The molecule has 0 saturated carbocycles. The number of halogens is 1. The van der Waals surface area contributed by atoms with Crippen LogP contribution in [0.25, 0.3) is 5.57 Å². The molecule has 25 heavy (non-hydrogen) atoms. The van der Waals surface area contributed by atoms with Crippen molar-refractivity contribution in [1.29, 1.82) is 5.26 Å². The lowest BCUT2D eigenvalue weighted by Crippen LogP contribution is -2.29. The van der Waals surface area contributed by atoms with Gasteiger partial charge in [-0.25, -0.2) is 19.8 Å². The molecule has 5 nitrogen and oxygen atoms in total. The van der Waals surface area contributed by atoms with Crippen LogP contribution in [0.1, 0.15) is 40.4 Å². The minimum absolute atomic E-state index is 0.260. The predicted octanol–water partition coefficient (Wildman–Crippen LogP) is 4.47. The number of hydrazine groups is 1. The van der Waals surface area contributed by atoms with Crippen LogP contribution in [0, 0.1) is 11.3 Å². The summed E-state index contributed by atoms with van der Waals surface area (Å²) in [6.45, 7) is 12.9. The Hall–Kier alpha value is -2.78. The molecular formula is C19H24FN5. The van der Waals surface area contributed by atoms with Crippen molar-refractivity contribution >= 4 is 11.3 Å². The van der Waals surface area contributed by atoms with Gasteiger partial charge in [-0.05, 0) is 51.8 Å². The van der Waals surface area contributed by atoms with Gasteiger partial charge in [0.05, 0.1) is 23.7 Å². The summed E-state index contributed by atoms with van der Waals surface area (Å²) in [6.07, 6.45) is 5.86. The third-order valence-corrected chi connectivity index (χ3v) is 3.27. The molecule has 0 amide bonds. The Morgan fingerprint density at radius 1 is 1.32 bits per heavy atom. The molecule has 0 aliphatic heterocycles. The van der Waals surface area contributed by atoms with Crippen LogP contribution in [0.4, 0.5) is 10.1 Å². The molecular weight excluding hydrogens is 317 g/mol. The number of aromatic nitrogens is 2. The van der Waals surface area contributed by atoms with Gasteiger partial charge in [-0.1, -0.05) is 12.7 Å². The molecule has 2 N–H and O–H groups in total. The van der Waals surface area contributed by atoms with Gasteiger partial charge in [0.15, 0.2) is 5.82 Å². The van der Waals surface area contributed by atoms with Crippen LogP contribution >= 0.6 is 0 Å². The standard InChI is InChI=1S/C19H24FN5/c1-7-15(20)8-17(12(2)3)18(9-21)14(6)19-22-10-16(11-23-19)25-24-13(4)5/h7-8,10-11,13,24-25H,2H2,1,3-6H3/b15-7+,17-8+,18-14+. The summed E-state index contributed by atoms with van der Waals surface area (Å²) in [5, 5.41) is 9.55. The van der Waals surface area contributed by atoms with Crippen LogP contribution in [-0.2, 0) is 0 Å². The maximum Gasteiger partial charge on any atom is 0.156 e. The highest BCUT2D eigenvalue weighted by atomic mass is 19.1. The van der Waals surface area contributed by atoms with E-state index in [2.05, 4.69) is 33.5 Å². The van der Waals surface area contributed by atoms with E-state index in [4.69, 9.17) is 0 Å². The van der Waals surface area contributed by atoms with E-state index in [1.807, 2.05) is 13.8 Å². The molecule has 0 radical (unpaired) electrons. The third kappa shape index (κ3) is 5.98. The third-order valence-electron chi connectivity index (χ3n) is 3.27. The van der Waals surface area contributed by atoms with E-state index < -0.39 is 5.83 Å². The number of anilines is 1. The fourth-order valence-electron chi connectivity index (χ4n) is 1.90. The van der Waals surface area contributed by atoms with E-state index in [0.29, 0.717) is 33.8 Å². The molecule has 0 spiro atoms. The van der Waals surface area contributed by atoms with Gasteiger partial charge in [0.25, 0.3) is 0 Å². The first-order chi connectivity index (χ1) is 11.8. The van der Waals surface area contributed by atoms with Gasteiger partial charge in [-0.3, -0.25) is 0 Å². The average molecular weight is 341 g/mol. The fourth-order valence-corrected chi connectivity index (χ4v) is 1.90. The molecule has 132 valence electrons. The number of hydrogen-bond donors (Lipinski definition) is 2. The van der Waals surface area contributed by atoms with Gasteiger partial charge in [-0.15, -0.1) is 0 Å². The first-order valence-corrected chi connectivity index (χ1v) is 7.94. The topological polar surface area (TPSA) is 73.6 Å². The summed E-state index contributed by atoms with van der Waals surface area (Å²) in [6, 6.07) is 2.37. The minimum Gasteiger partial charge on any atom is -0.318 e. The molecule has 0 unspecified atom stereocenters. The predicted molar refractivity (Wildman–Crippen MR) is 99.9 cm³/mol. The van der Waals surface area contributed by atoms with Crippen molar-refractivity contribution in [1.82, 2.24) is 15.4 Å². The zero-order valence-corrected chi connectivity index (χ0v) is 15.3. The second-order valence-electron chi connectivity index (χ2n) is 5.84. The molecule has 0 fully saturated rings. The summed E-state index contributed by atoms with van der Waals surface area (Å²) < 4.78 is 13.7. The summed E-state index contributed by atoms with van der Waals surface area (Å²) in [4.78, 5) is 8.56. The lowest BCUT2D eigenvalue weighted by atomic mass is 9.95. The van der Waals surface area contributed by atoms with Gasteiger partial charge < -0.3 is 5.43 Å². The van der Waals surface area contributed by atoms with Crippen LogP contribution in [-0.4, -0.2) is 16.0 Å². The van der Waals surface area contributed by atoms with Crippen molar-refractivity contribution in [2.24, 2.45) is 0 Å². The number of nitrogens with zero attached hydrogens (tertiary/aromatic N) is 3. The lowest BCUT2D eigenvalue weighted by Gasteiger charge is -2.12. The Bertz CT molecular complexity index is 749. The van der Waals surface area contributed by atoms with E-state index in [9.17, 15) is 9.65 Å². The summed E-state index contributed by atoms with van der Waals surface area (Å²) >= 11 is 0. The lowest BCUT2D eigenvalue weighted by molar-refractivity contribution is 0.659. The second kappa shape index (κ2) is 9.50. The molecule has 1 aromatic rings. The molecule has 1 heterocycles. The normalized spacial score (nSPS) is 13.4. The van der Waals surface area contributed by atoms with Crippen molar-refractivity contribution in [2.45, 2.75) is 40.7 Å². The molecule has 0 aromatic carbocycles. The van der Waals surface area contributed by atoms with Crippen LogP contribution in [0.5, 0.6) is 0 Å². The van der Waals surface area contributed by atoms with Crippen LogP contribution in [0.3, 0.4) is 0 Å². The molecule has 0 atom stereocenters. The monoisotopic (exact) mass is 341 g/mol. The van der Waals surface area contributed by atoms with Crippen molar-refractivity contribution < 1.29 is 4.39 Å². The highest BCUT2D eigenvalue weighted by Crippen LogP contribution is 2.26. The average Bonchev–Trinajstić information content (AvgIpc) is 2.59. The van der Waals surface area contributed by atoms with E-state index in [1.54, 1.807) is 33.2 Å². The van der Waals surface area contributed by atoms with Crippen LogP contribution in [0.2, 0.25) is 0 Å². The maximum absolute atomic E-state index is 13.7. The number of nitrogens with one attached hydrogen (secondary N) is 2. The van der Waals surface area contributed by atoms with Gasteiger partial charge in [0, 0.05) is 11.6 Å². The molecule has 0 saturated heterocycles. The first-order valence-electron chi connectivity index (χ1n) is 7.94. The van der Waals surface area contributed by atoms with Crippen molar-refractivity contribution in [3.63, 3.8) is 0 Å². The van der Waals surface area contributed by atoms with E-state index >= 15 is 0 Å². The summed E-state index contributed by atoms with van der Waals surface area (Å²) in [5.41, 5.74) is 8.62. The zero-order valence-electron chi connectivity index (χ0n) is 15.3. The van der Waals surface area contributed by atoms with Gasteiger partial charge in [-0.2, -0.15) is 5.26 Å². The zero-order chi connectivity index (χ0) is 19.0. The SMILES string of the molecule is C=C(C)C(=C\C(F)=C/C)/C(C#N)=C(\C)c1ncc(NNC(C)C)cn1. The highest BCUT2D eigenvalue weighted by molar-refractivity contribution is 5.74. The first kappa shape index (κ1) is 20.3. The molecule has 6 heteroatoms. The Balaban J connectivity index is 3.25. The molecule has 1 aromatic heterocycles. The van der Waals surface area contributed by atoms with Crippen LogP contribution in [0.15, 0.2) is 53.7 Å². The van der Waals surface area contributed by atoms with Gasteiger partial charge in [0.1, 0.15) is 11.9 Å². The van der Waals surface area contributed by atoms with Crippen molar-refractivity contribution in [3.05, 3.63) is 59.5 Å². The maximum atomic E-state index is 13.7. The Morgan fingerprint density at radius 2 is 1.92 bits per heavy atom. The molecule has 1 rings (SSSR count). The summed E-state index contributed by atoms with van der Waals surface area (Å²) in [5.74, 6) is -0.0292. The van der Waals surface area contributed by atoms with Crippen molar-refractivity contribution in [3.8, 4) is 6.07 Å². The number of nitriles is 1. The molecule has 0 aliphatic rings.